The van der Waals surface area contributed by atoms with Gasteiger partial charge < -0.3 is 10.6 Å². The molecule has 2 N–H and O–H groups in total. The van der Waals surface area contributed by atoms with Crippen molar-refractivity contribution in [1.29, 1.82) is 0 Å². The van der Waals surface area contributed by atoms with Gasteiger partial charge >= 0.3 is 0 Å². The molecule has 21 heavy (non-hydrogen) atoms. The van der Waals surface area contributed by atoms with Crippen molar-refractivity contribution in [2.45, 2.75) is 52.5 Å². The lowest BCUT2D eigenvalue weighted by Crippen LogP contribution is -2.38. The van der Waals surface area contributed by atoms with E-state index in [4.69, 9.17) is 0 Å². The first-order valence-electron chi connectivity index (χ1n) is 8.20. The normalized spacial score (nSPS) is 24.2. The van der Waals surface area contributed by atoms with Gasteiger partial charge in [0.1, 0.15) is 0 Å². The minimum atomic E-state index is 0.120. The molecule has 1 atom stereocenters. The molecular weight excluding hydrogens is 260 g/mol. The van der Waals surface area contributed by atoms with E-state index in [2.05, 4.69) is 36.6 Å². The Morgan fingerprint density at radius 3 is 3.00 bits per heavy atom. The molecule has 1 fully saturated rings. The minimum Gasteiger partial charge on any atom is -0.326 e. The summed E-state index contributed by atoms with van der Waals surface area (Å²) in [6.45, 7) is 6.36. The minimum absolute atomic E-state index is 0.120. The standard InChI is InChI=1S/C18H26N2O/c1-18(2)10-4-3-7-15(18)17(21)20-16-8-5-6-13-9-11-19-12-14(13)16/h5-6,8,15,19H,3-4,7,9-12H2,1-2H3,(H,20,21). The van der Waals surface area contributed by atoms with Crippen molar-refractivity contribution in [1.82, 2.24) is 5.32 Å². The molecule has 1 saturated carbocycles. The Balaban J connectivity index is 1.79. The van der Waals surface area contributed by atoms with E-state index in [0.29, 0.717) is 0 Å². The predicted octanol–water partition coefficient (Wildman–Crippen LogP) is 3.49. The molecule has 1 aromatic carbocycles. The molecule has 3 heteroatoms. The zero-order valence-corrected chi connectivity index (χ0v) is 13.2. The summed E-state index contributed by atoms with van der Waals surface area (Å²) >= 11 is 0. The van der Waals surface area contributed by atoms with Gasteiger partial charge in [-0.1, -0.05) is 38.8 Å². The van der Waals surface area contributed by atoms with Crippen LogP contribution in [0, 0.1) is 11.3 Å². The first kappa shape index (κ1) is 14.6. The molecule has 2 aliphatic rings. The van der Waals surface area contributed by atoms with Gasteiger partial charge in [0.25, 0.3) is 0 Å². The second-order valence-corrected chi connectivity index (χ2v) is 7.15. The van der Waals surface area contributed by atoms with Crippen LogP contribution in [0.1, 0.15) is 50.7 Å². The van der Waals surface area contributed by atoms with Crippen LogP contribution in [0.3, 0.4) is 0 Å². The summed E-state index contributed by atoms with van der Waals surface area (Å²) in [4.78, 5) is 12.7. The monoisotopic (exact) mass is 286 g/mol. The highest BCUT2D eigenvalue weighted by molar-refractivity contribution is 5.94. The Morgan fingerprint density at radius 2 is 2.19 bits per heavy atom. The van der Waals surface area contributed by atoms with E-state index in [0.717, 1.165) is 38.0 Å². The number of fused-ring (bicyclic) bond motifs is 1. The SMILES string of the molecule is CC1(C)CCCCC1C(=O)Nc1cccc2c1CNCC2. The molecule has 114 valence electrons. The fraction of sp³-hybridized carbons (Fsp3) is 0.611. The van der Waals surface area contributed by atoms with E-state index < -0.39 is 0 Å². The summed E-state index contributed by atoms with van der Waals surface area (Å²) in [5.41, 5.74) is 3.77. The van der Waals surface area contributed by atoms with Crippen LogP contribution in [0.5, 0.6) is 0 Å². The van der Waals surface area contributed by atoms with Crippen molar-refractivity contribution in [2.75, 3.05) is 11.9 Å². The molecule has 0 saturated heterocycles. The number of nitrogens with one attached hydrogen (secondary N) is 2. The number of carbonyl (C=O) groups excluding carboxylic acids is 1. The fourth-order valence-electron chi connectivity index (χ4n) is 3.83. The van der Waals surface area contributed by atoms with Crippen molar-refractivity contribution in [3.05, 3.63) is 29.3 Å². The van der Waals surface area contributed by atoms with Gasteiger partial charge in [-0.15, -0.1) is 0 Å². The van der Waals surface area contributed by atoms with Crippen molar-refractivity contribution in [3.63, 3.8) is 0 Å². The van der Waals surface area contributed by atoms with Crippen LogP contribution in [-0.4, -0.2) is 12.5 Å². The third-order valence-electron chi connectivity index (χ3n) is 5.23. The van der Waals surface area contributed by atoms with Gasteiger partial charge in [-0.3, -0.25) is 4.79 Å². The van der Waals surface area contributed by atoms with Crippen molar-refractivity contribution in [2.24, 2.45) is 11.3 Å². The lowest BCUT2D eigenvalue weighted by atomic mass is 9.68. The lowest BCUT2D eigenvalue weighted by Gasteiger charge is -2.37. The first-order chi connectivity index (χ1) is 10.1. The number of benzene rings is 1. The number of rotatable bonds is 2. The Morgan fingerprint density at radius 1 is 1.33 bits per heavy atom. The van der Waals surface area contributed by atoms with Crippen LogP contribution in [0.2, 0.25) is 0 Å². The molecule has 0 spiro atoms. The van der Waals surface area contributed by atoms with Gasteiger partial charge in [-0.2, -0.15) is 0 Å². The molecule has 1 amide bonds. The number of hydrogen-bond donors (Lipinski definition) is 2. The van der Waals surface area contributed by atoms with Crippen LogP contribution in [0.25, 0.3) is 0 Å². The van der Waals surface area contributed by atoms with E-state index in [1.165, 1.54) is 24.0 Å². The van der Waals surface area contributed by atoms with Crippen LogP contribution >= 0.6 is 0 Å². The highest BCUT2D eigenvalue weighted by atomic mass is 16.1. The quantitative estimate of drug-likeness (QED) is 0.874. The average molecular weight is 286 g/mol. The van der Waals surface area contributed by atoms with E-state index in [9.17, 15) is 4.79 Å². The van der Waals surface area contributed by atoms with E-state index in [-0.39, 0.29) is 17.2 Å². The molecule has 0 radical (unpaired) electrons. The van der Waals surface area contributed by atoms with Crippen LogP contribution in [0.4, 0.5) is 5.69 Å². The summed E-state index contributed by atoms with van der Waals surface area (Å²) in [6.07, 6.45) is 5.65. The maximum atomic E-state index is 12.7. The highest BCUT2D eigenvalue weighted by Gasteiger charge is 2.37. The number of hydrogen-bond acceptors (Lipinski definition) is 2. The van der Waals surface area contributed by atoms with Crippen molar-refractivity contribution in [3.8, 4) is 0 Å². The number of amides is 1. The van der Waals surface area contributed by atoms with Gasteiger partial charge in [0.2, 0.25) is 5.91 Å². The average Bonchev–Trinajstić information content (AvgIpc) is 2.47. The van der Waals surface area contributed by atoms with Gasteiger partial charge in [-0.25, -0.2) is 0 Å². The molecular formula is C18H26N2O. The van der Waals surface area contributed by atoms with Gasteiger partial charge in [-0.05, 0) is 48.4 Å². The maximum absolute atomic E-state index is 12.7. The van der Waals surface area contributed by atoms with Crippen LogP contribution < -0.4 is 10.6 Å². The molecule has 3 rings (SSSR count). The summed E-state index contributed by atoms with van der Waals surface area (Å²) in [7, 11) is 0. The summed E-state index contributed by atoms with van der Waals surface area (Å²) in [6, 6.07) is 6.28. The van der Waals surface area contributed by atoms with E-state index in [1.54, 1.807) is 0 Å². The smallest absolute Gasteiger partial charge is 0.228 e. The molecule has 1 unspecified atom stereocenters. The molecule has 1 heterocycles. The second kappa shape index (κ2) is 5.80. The fourth-order valence-corrected chi connectivity index (χ4v) is 3.83. The number of carbonyl (C=O) groups is 1. The molecule has 1 aliphatic carbocycles. The zero-order chi connectivity index (χ0) is 14.9. The molecule has 0 aromatic heterocycles. The summed E-state index contributed by atoms with van der Waals surface area (Å²) in [5.74, 6) is 0.345. The van der Waals surface area contributed by atoms with Gasteiger partial charge in [0, 0.05) is 18.2 Å². The third kappa shape index (κ3) is 2.98. The Kier molecular flexibility index (Phi) is 4.03. The largest absolute Gasteiger partial charge is 0.326 e. The van der Waals surface area contributed by atoms with Gasteiger partial charge in [0.05, 0.1) is 0 Å². The first-order valence-corrected chi connectivity index (χ1v) is 8.20. The maximum Gasteiger partial charge on any atom is 0.228 e. The summed E-state index contributed by atoms with van der Waals surface area (Å²) < 4.78 is 0. The second-order valence-electron chi connectivity index (χ2n) is 7.15. The van der Waals surface area contributed by atoms with Gasteiger partial charge in [0.15, 0.2) is 0 Å². The van der Waals surface area contributed by atoms with E-state index in [1.807, 2.05) is 6.07 Å². The molecule has 3 nitrogen and oxygen atoms in total. The lowest BCUT2D eigenvalue weighted by molar-refractivity contribution is -0.124. The third-order valence-corrected chi connectivity index (χ3v) is 5.23. The number of anilines is 1. The van der Waals surface area contributed by atoms with Crippen LogP contribution in [0.15, 0.2) is 18.2 Å². The topological polar surface area (TPSA) is 41.1 Å². The van der Waals surface area contributed by atoms with Crippen molar-refractivity contribution >= 4 is 11.6 Å². The summed E-state index contributed by atoms with van der Waals surface area (Å²) in [5, 5.41) is 6.62. The zero-order valence-electron chi connectivity index (χ0n) is 13.2. The van der Waals surface area contributed by atoms with Crippen molar-refractivity contribution < 1.29 is 4.79 Å². The van der Waals surface area contributed by atoms with E-state index >= 15 is 0 Å². The molecule has 0 bridgehead atoms. The highest BCUT2D eigenvalue weighted by Crippen LogP contribution is 2.41. The molecule has 1 aromatic rings. The Labute approximate surface area is 127 Å². The Bertz CT molecular complexity index is 536. The predicted molar refractivity (Wildman–Crippen MR) is 86.2 cm³/mol. The van der Waals surface area contributed by atoms with Crippen LogP contribution in [-0.2, 0) is 17.8 Å². The molecule has 1 aliphatic heterocycles. The Hall–Kier alpha value is -1.35.